The molecule has 1 unspecified atom stereocenters. The quantitative estimate of drug-likeness (QED) is 0.556. The van der Waals surface area contributed by atoms with Crippen LogP contribution < -0.4 is 10.6 Å². The summed E-state index contributed by atoms with van der Waals surface area (Å²) in [7, 11) is 0. The van der Waals surface area contributed by atoms with Gasteiger partial charge in [-0.25, -0.2) is 0 Å². The Morgan fingerprint density at radius 1 is 1.40 bits per heavy atom. The van der Waals surface area contributed by atoms with Crippen molar-refractivity contribution in [2.24, 2.45) is 0 Å². The van der Waals surface area contributed by atoms with Gasteiger partial charge in [-0.1, -0.05) is 18.2 Å². The van der Waals surface area contributed by atoms with Crippen LogP contribution in [0.25, 0.3) is 0 Å². The number of nitriles is 1. The lowest BCUT2D eigenvalue weighted by Crippen LogP contribution is -2.39. The summed E-state index contributed by atoms with van der Waals surface area (Å²) >= 11 is 0. The first-order chi connectivity index (χ1) is 9.45. The lowest BCUT2D eigenvalue weighted by Gasteiger charge is -2.09. The number of benzene rings is 1. The molecule has 1 atom stereocenters. The van der Waals surface area contributed by atoms with Crippen LogP contribution in [0, 0.1) is 18.3 Å². The standard InChI is InChI=1S/C14H15N3O3/c1-9-5-3-4-6-12(9)16-8-11(7-15)13(18)17-10(2)14(19)20/h3-6,8,10,16H,1-2H3,(H,17,18)(H,19,20)/b11-8-. The van der Waals surface area contributed by atoms with Crippen molar-refractivity contribution in [3.8, 4) is 6.07 Å². The van der Waals surface area contributed by atoms with Crippen LogP contribution in [-0.4, -0.2) is 23.0 Å². The third-order valence-corrected chi connectivity index (χ3v) is 2.60. The van der Waals surface area contributed by atoms with Crippen molar-refractivity contribution >= 4 is 17.6 Å². The van der Waals surface area contributed by atoms with E-state index in [1.807, 2.05) is 25.1 Å². The number of hydrogen-bond acceptors (Lipinski definition) is 4. The molecule has 1 amide bonds. The number of anilines is 1. The van der Waals surface area contributed by atoms with Gasteiger partial charge in [-0.05, 0) is 25.5 Å². The first-order valence-corrected chi connectivity index (χ1v) is 5.91. The molecular formula is C14H15N3O3. The van der Waals surface area contributed by atoms with Gasteiger partial charge in [-0.15, -0.1) is 0 Å². The van der Waals surface area contributed by atoms with Crippen molar-refractivity contribution in [1.82, 2.24) is 5.32 Å². The predicted molar refractivity (Wildman–Crippen MR) is 73.7 cm³/mol. The van der Waals surface area contributed by atoms with Gasteiger partial charge >= 0.3 is 5.97 Å². The van der Waals surface area contributed by atoms with Crippen molar-refractivity contribution in [2.45, 2.75) is 19.9 Å². The summed E-state index contributed by atoms with van der Waals surface area (Å²) in [5.74, 6) is -1.90. The van der Waals surface area contributed by atoms with Gasteiger partial charge in [0.05, 0.1) is 0 Å². The molecule has 0 heterocycles. The Morgan fingerprint density at radius 3 is 2.60 bits per heavy atom. The Hall–Kier alpha value is -2.81. The lowest BCUT2D eigenvalue weighted by atomic mass is 10.2. The molecule has 0 saturated heterocycles. The Bertz CT molecular complexity index is 588. The third kappa shape index (κ3) is 4.14. The van der Waals surface area contributed by atoms with E-state index < -0.39 is 17.9 Å². The van der Waals surface area contributed by atoms with Gasteiger partial charge in [0.25, 0.3) is 5.91 Å². The molecule has 0 radical (unpaired) electrons. The highest BCUT2D eigenvalue weighted by molar-refractivity contribution is 5.99. The number of amides is 1. The SMILES string of the molecule is Cc1ccccc1N/C=C(/C#N)C(=O)NC(C)C(=O)O. The van der Waals surface area contributed by atoms with Crippen LogP contribution in [-0.2, 0) is 9.59 Å². The first kappa shape index (κ1) is 15.2. The zero-order valence-corrected chi connectivity index (χ0v) is 11.2. The molecule has 3 N–H and O–H groups in total. The minimum Gasteiger partial charge on any atom is -0.480 e. The van der Waals surface area contributed by atoms with E-state index in [1.165, 1.54) is 13.1 Å². The van der Waals surface area contributed by atoms with Gasteiger partial charge in [0.1, 0.15) is 17.7 Å². The highest BCUT2D eigenvalue weighted by Gasteiger charge is 2.16. The highest BCUT2D eigenvalue weighted by Crippen LogP contribution is 2.13. The van der Waals surface area contributed by atoms with Crippen LogP contribution >= 0.6 is 0 Å². The number of aryl methyl sites for hydroxylation is 1. The number of aliphatic carboxylic acids is 1. The van der Waals surface area contributed by atoms with Crippen molar-refractivity contribution in [3.05, 3.63) is 41.6 Å². The normalized spacial score (nSPS) is 12.2. The number of carbonyl (C=O) groups is 2. The van der Waals surface area contributed by atoms with Gasteiger partial charge < -0.3 is 15.7 Å². The summed E-state index contributed by atoms with van der Waals surface area (Å²) < 4.78 is 0. The summed E-state index contributed by atoms with van der Waals surface area (Å²) in [5, 5.41) is 22.7. The lowest BCUT2D eigenvalue weighted by molar-refractivity contribution is -0.140. The fourth-order valence-corrected chi connectivity index (χ4v) is 1.37. The van der Waals surface area contributed by atoms with E-state index in [0.717, 1.165) is 11.3 Å². The minimum absolute atomic E-state index is 0.193. The maximum Gasteiger partial charge on any atom is 0.325 e. The van der Waals surface area contributed by atoms with E-state index in [1.54, 1.807) is 12.1 Å². The Labute approximate surface area is 116 Å². The highest BCUT2D eigenvalue weighted by atomic mass is 16.4. The fraction of sp³-hybridized carbons (Fsp3) is 0.214. The summed E-state index contributed by atoms with van der Waals surface area (Å²) in [6.07, 6.45) is 1.26. The number of hydrogen-bond donors (Lipinski definition) is 3. The van der Waals surface area contributed by atoms with E-state index in [-0.39, 0.29) is 5.57 Å². The fourth-order valence-electron chi connectivity index (χ4n) is 1.37. The molecule has 6 nitrogen and oxygen atoms in total. The van der Waals surface area contributed by atoms with Crippen molar-refractivity contribution in [1.29, 1.82) is 5.26 Å². The van der Waals surface area contributed by atoms with Gasteiger partial charge in [0, 0.05) is 11.9 Å². The van der Waals surface area contributed by atoms with E-state index in [0.29, 0.717) is 0 Å². The number of nitrogens with one attached hydrogen (secondary N) is 2. The molecule has 0 fully saturated rings. The number of carbonyl (C=O) groups excluding carboxylic acids is 1. The molecule has 0 spiro atoms. The number of rotatable bonds is 5. The van der Waals surface area contributed by atoms with Gasteiger partial charge in [-0.2, -0.15) is 5.26 Å². The number of carboxylic acid groups (broad SMARTS) is 1. The Morgan fingerprint density at radius 2 is 2.05 bits per heavy atom. The summed E-state index contributed by atoms with van der Waals surface area (Å²) in [6, 6.07) is 8.05. The van der Waals surface area contributed by atoms with Crippen LogP contribution in [0.15, 0.2) is 36.0 Å². The average Bonchev–Trinajstić information content (AvgIpc) is 2.41. The molecule has 1 aromatic carbocycles. The van der Waals surface area contributed by atoms with Crippen LogP contribution in [0.5, 0.6) is 0 Å². The second-order valence-electron chi connectivity index (χ2n) is 4.16. The van der Waals surface area contributed by atoms with Gasteiger partial charge in [-0.3, -0.25) is 9.59 Å². The largest absolute Gasteiger partial charge is 0.480 e. The molecule has 20 heavy (non-hydrogen) atoms. The van der Waals surface area contributed by atoms with Gasteiger partial charge in [0.15, 0.2) is 0 Å². The smallest absolute Gasteiger partial charge is 0.325 e. The summed E-state index contributed by atoms with van der Waals surface area (Å²) in [6.45, 7) is 3.21. The molecule has 0 aromatic heterocycles. The van der Waals surface area contributed by atoms with Crippen molar-refractivity contribution in [2.75, 3.05) is 5.32 Å². The molecule has 0 aliphatic rings. The van der Waals surface area contributed by atoms with Crippen LogP contribution in [0.4, 0.5) is 5.69 Å². The Balaban J connectivity index is 2.79. The van der Waals surface area contributed by atoms with Crippen molar-refractivity contribution in [3.63, 3.8) is 0 Å². The molecule has 1 rings (SSSR count). The second kappa shape index (κ2) is 6.95. The van der Waals surface area contributed by atoms with E-state index in [4.69, 9.17) is 10.4 Å². The maximum atomic E-state index is 11.7. The Kier molecular flexibility index (Phi) is 5.30. The van der Waals surface area contributed by atoms with Gasteiger partial charge in [0.2, 0.25) is 0 Å². The maximum absolute atomic E-state index is 11.7. The van der Waals surface area contributed by atoms with Crippen LogP contribution in [0.3, 0.4) is 0 Å². The number of para-hydroxylation sites is 1. The monoisotopic (exact) mass is 273 g/mol. The molecule has 0 saturated carbocycles. The number of nitrogens with zero attached hydrogens (tertiary/aromatic N) is 1. The predicted octanol–water partition coefficient (Wildman–Crippen LogP) is 1.40. The van der Waals surface area contributed by atoms with Crippen molar-refractivity contribution < 1.29 is 14.7 Å². The second-order valence-corrected chi connectivity index (χ2v) is 4.16. The van der Waals surface area contributed by atoms with Crippen LogP contribution in [0.1, 0.15) is 12.5 Å². The molecule has 104 valence electrons. The third-order valence-electron chi connectivity index (χ3n) is 2.60. The average molecular weight is 273 g/mol. The zero-order valence-electron chi connectivity index (χ0n) is 11.2. The minimum atomic E-state index is -1.16. The zero-order chi connectivity index (χ0) is 15.1. The summed E-state index contributed by atoms with van der Waals surface area (Å²) in [4.78, 5) is 22.3. The molecule has 0 bridgehead atoms. The van der Waals surface area contributed by atoms with Crippen LogP contribution in [0.2, 0.25) is 0 Å². The summed E-state index contributed by atoms with van der Waals surface area (Å²) in [5.41, 5.74) is 1.53. The van der Waals surface area contributed by atoms with E-state index in [9.17, 15) is 9.59 Å². The van der Waals surface area contributed by atoms with E-state index >= 15 is 0 Å². The first-order valence-electron chi connectivity index (χ1n) is 5.91. The molecule has 6 heteroatoms. The molecule has 0 aliphatic carbocycles. The van der Waals surface area contributed by atoms with E-state index in [2.05, 4.69) is 10.6 Å². The molecule has 1 aromatic rings. The molecular weight excluding hydrogens is 258 g/mol. The number of carboxylic acids is 1. The topological polar surface area (TPSA) is 102 Å². The molecule has 0 aliphatic heterocycles.